The van der Waals surface area contributed by atoms with Crippen LogP contribution in [-0.2, 0) is 14.9 Å². The largest absolute Gasteiger partial charge is 0.534 e. The number of alkyl halides is 3. The summed E-state index contributed by atoms with van der Waals surface area (Å²) in [7, 11) is -5.74. The van der Waals surface area contributed by atoms with E-state index in [4.69, 9.17) is 5.11 Å². The van der Waals surface area contributed by atoms with E-state index in [1.165, 1.54) is 12.1 Å². The van der Waals surface area contributed by atoms with Crippen molar-refractivity contribution in [3.8, 4) is 5.75 Å². The van der Waals surface area contributed by atoms with Crippen molar-refractivity contribution in [3.05, 3.63) is 35.9 Å². The normalized spacial score (nSPS) is 12.6. The minimum Gasteiger partial charge on any atom is -0.478 e. The van der Waals surface area contributed by atoms with Gasteiger partial charge in [0.25, 0.3) is 0 Å². The molecular formula is C10H7F3O5S. The maximum atomic E-state index is 12.1. The number of carbonyl (C=O) groups is 1. The average Bonchev–Trinajstić information content (AvgIpc) is 2.24. The minimum atomic E-state index is -5.74. The zero-order chi connectivity index (χ0) is 14.7. The molecule has 0 aliphatic rings. The third kappa shape index (κ3) is 4.28. The van der Waals surface area contributed by atoms with Gasteiger partial charge in [-0.05, 0) is 23.8 Å². The standard InChI is InChI=1S/C10H7F3O5S/c11-10(12,13)19(16,17)18-8-3-1-2-7(6-8)4-5-9(14)15/h1-6H,(H,14,15)/b5-4+. The number of rotatable bonds is 4. The SMILES string of the molecule is O=C(O)/C=C/c1cccc(OS(=O)(=O)C(F)(F)F)c1. The number of hydrogen-bond donors (Lipinski definition) is 1. The van der Waals surface area contributed by atoms with E-state index in [1.807, 2.05) is 0 Å². The summed E-state index contributed by atoms with van der Waals surface area (Å²) >= 11 is 0. The Morgan fingerprint density at radius 1 is 1.32 bits per heavy atom. The molecule has 0 amide bonds. The summed E-state index contributed by atoms with van der Waals surface area (Å²) in [6.07, 6.45) is 1.83. The molecule has 0 aromatic heterocycles. The number of benzene rings is 1. The van der Waals surface area contributed by atoms with Crippen molar-refractivity contribution in [2.45, 2.75) is 5.51 Å². The van der Waals surface area contributed by atoms with Crippen LogP contribution in [0.1, 0.15) is 5.56 Å². The lowest BCUT2D eigenvalue weighted by atomic mass is 10.2. The summed E-state index contributed by atoms with van der Waals surface area (Å²) < 4.78 is 61.6. The highest BCUT2D eigenvalue weighted by molar-refractivity contribution is 7.87. The molecule has 0 saturated heterocycles. The van der Waals surface area contributed by atoms with E-state index in [-0.39, 0.29) is 5.56 Å². The first kappa shape index (κ1) is 15.0. The van der Waals surface area contributed by atoms with Crippen LogP contribution >= 0.6 is 0 Å². The van der Waals surface area contributed by atoms with Crippen LogP contribution in [0.15, 0.2) is 30.3 Å². The monoisotopic (exact) mass is 296 g/mol. The molecule has 0 saturated carbocycles. The quantitative estimate of drug-likeness (QED) is 0.522. The Morgan fingerprint density at radius 2 is 1.95 bits per heavy atom. The highest BCUT2D eigenvalue weighted by atomic mass is 32.2. The van der Waals surface area contributed by atoms with Gasteiger partial charge in [0.2, 0.25) is 0 Å². The van der Waals surface area contributed by atoms with Crippen LogP contribution in [-0.4, -0.2) is 25.0 Å². The number of hydrogen-bond acceptors (Lipinski definition) is 4. The van der Waals surface area contributed by atoms with Gasteiger partial charge < -0.3 is 9.29 Å². The molecule has 0 spiro atoms. The second-order valence-corrected chi connectivity index (χ2v) is 4.77. The van der Waals surface area contributed by atoms with E-state index in [2.05, 4.69) is 4.18 Å². The number of carboxylic acids is 1. The summed E-state index contributed by atoms with van der Waals surface area (Å²) in [6.45, 7) is 0. The summed E-state index contributed by atoms with van der Waals surface area (Å²) in [5, 5.41) is 8.37. The predicted molar refractivity (Wildman–Crippen MR) is 58.7 cm³/mol. The first-order valence-electron chi connectivity index (χ1n) is 4.63. The molecule has 0 heterocycles. The van der Waals surface area contributed by atoms with E-state index in [1.54, 1.807) is 0 Å². The highest BCUT2D eigenvalue weighted by Gasteiger charge is 2.48. The van der Waals surface area contributed by atoms with Crippen molar-refractivity contribution in [2.75, 3.05) is 0 Å². The van der Waals surface area contributed by atoms with Crippen molar-refractivity contribution in [1.82, 2.24) is 0 Å². The lowest BCUT2D eigenvalue weighted by molar-refractivity contribution is -0.131. The Labute approximate surface area is 106 Å². The van der Waals surface area contributed by atoms with Gasteiger partial charge in [-0.3, -0.25) is 0 Å². The second-order valence-electron chi connectivity index (χ2n) is 3.23. The third-order valence-corrected chi connectivity index (χ3v) is 2.74. The van der Waals surface area contributed by atoms with Gasteiger partial charge in [-0.15, -0.1) is 0 Å². The molecule has 0 fully saturated rings. The van der Waals surface area contributed by atoms with Gasteiger partial charge in [-0.1, -0.05) is 12.1 Å². The summed E-state index contributed by atoms with van der Waals surface area (Å²) in [5.41, 5.74) is -5.35. The molecule has 5 nitrogen and oxygen atoms in total. The maximum Gasteiger partial charge on any atom is 0.534 e. The Kier molecular flexibility index (Phi) is 4.20. The Bertz CT molecular complexity index is 604. The second kappa shape index (κ2) is 5.31. The van der Waals surface area contributed by atoms with E-state index < -0.39 is 27.3 Å². The van der Waals surface area contributed by atoms with Crippen molar-refractivity contribution in [3.63, 3.8) is 0 Å². The van der Waals surface area contributed by atoms with Crippen LogP contribution in [0.3, 0.4) is 0 Å². The molecule has 0 unspecified atom stereocenters. The van der Waals surface area contributed by atoms with Crippen LogP contribution in [0.5, 0.6) is 5.75 Å². The zero-order valence-corrected chi connectivity index (χ0v) is 9.90. The fourth-order valence-corrected chi connectivity index (χ4v) is 1.46. The lowest BCUT2D eigenvalue weighted by Gasteiger charge is -2.09. The van der Waals surface area contributed by atoms with Gasteiger partial charge in [-0.2, -0.15) is 21.6 Å². The van der Waals surface area contributed by atoms with Gasteiger partial charge in [0.1, 0.15) is 5.75 Å². The Hall–Kier alpha value is -2.03. The Morgan fingerprint density at radius 3 is 2.47 bits per heavy atom. The topological polar surface area (TPSA) is 80.7 Å². The molecule has 1 rings (SSSR count). The molecule has 9 heteroatoms. The number of carboxylic acid groups (broad SMARTS) is 1. The van der Waals surface area contributed by atoms with Gasteiger partial charge in [0.05, 0.1) is 0 Å². The fourth-order valence-electron chi connectivity index (χ4n) is 1.01. The lowest BCUT2D eigenvalue weighted by Crippen LogP contribution is -2.28. The highest BCUT2D eigenvalue weighted by Crippen LogP contribution is 2.27. The number of halogens is 3. The van der Waals surface area contributed by atoms with Gasteiger partial charge in [-0.25, -0.2) is 4.79 Å². The molecule has 0 aliphatic heterocycles. The molecule has 0 bridgehead atoms. The Balaban J connectivity index is 2.99. The molecule has 0 radical (unpaired) electrons. The van der Waals surface area contributed by atoms with Crippen LogP contribution < -0.4 is 4.18 Å². The molecule has 0 atom stereocenters. The van der Waals surface area contributed by atoms with E-state index >= 15 is 0 Å². The molecule has 19 heavy (non-hydrogen) atoms. The molecule has 1 aromatic carbocycles. The summed E-state index contributed by atoms with van der Waals surface area (Å²) in [5.74, 6) is -1.82. The maximum absolute atomic E-state index is 12.1. The first-order chi connectivity index (χ1) is 8.62. The van der Waals surface area contributed by atoms with Crippen molar-refractivity contribution >= 4 is 22.2 Å². The van der Waals surface area contributed by atoms with Gasteiger partial charge >= 0.3 is 21.6 Å². The van der Waals surface area contributed by atoms with Crippen LogP contribution in [0, 0.1) is 0 Å². The predicted octanol–water partition coefficient (Wildman–Crippen LogP) is 2.01. The summed E-state index contributed by atoms with van der Waals surface area (Å²) in [6, 6.07) is 4.55. The van der Waals surface area contributed by atoms with E-state index in [9.17, 15) is 26.4 Å². The van der Waals surface area contributed by atoms with E-state index in [0.29, 0.717) is 0 Å². The minimum absolute atomic E-state index is 0.178. The fraction of sp³-hybridized carbons (Fsp3) is 0.100. The van der Waals surface area contributed by atoms with Gasteiger partial charge in [0, 0.05) is 6.08 Å². The molecular weight excluding hydrogens is 289 g/mol. The smallest absolute Gasteiger partial charge is 0.478 e. The molecule has 104 valence electrons. The molecule has 1 N–H and O–H groups in total. The molecule has 1 aromatic rings. The van der Waals surface area contributed by atoms with Crippen LogP contribution in [0.2, 0.25) is 0 Å². The third-order valence-electron chi connectivity index (χ3n) is 1.77. The van der Waals surface area contributed by atoms with Crippen LogP contribution in [0.25, 0.3) is 6.08 Å². The van der Waals surface area contributed by atoms with Crippen molar-refractivity contribution < 1.29 is 35.7 Å². The zero-order valence-electron chi connectivity index (χ0n) is 9.09. The van der Waals surface area contributed by atoms with Crippen LogP contribution in [0.4, 0.5) is 13.2 Å². The van der Waals surface area contributed by atoms with Gasteiger partial charge in [0.15, 0.2) is 0 Å². The van der Waals surface area contributed by atoms with E-state index in [0.717, 1.165) is 24.3 Å². The van der Waals surface area contributed by atoms with Crippen molar-refractivity contribution in [2.24, 2.45) is 0 Å². The van der Waals surface area contributed by atoms with Crippen molar-refractivity contribution in [1.29, 1.82) is 0 Å². The first-order valence-corrected chi connectivity index (χ1v) is 6.04. The number of aliphatic carboxylic acids is 1. The molecule has 0 aliphatic carbocycles. The summed E-state index contributed by atoms with van der Waals surface area (Å²) in [4.78, 5) is 10.3. The average molecular weight is 296 g/mol.